The zero-order chi connectivity index (χ0) is 17.6. The van der Waals surface area contributed by atoms with Crippen LogP contribution in [-0.4, -0.2) is 10.9 Å². The molecule has 126 valence electrons. The summed E-state index contributed by atoms with van der Waals surface area (Å²) in [5.74, 6) is -0.271. The number of amides is 1. The number of hydrogen-bond donors (Lipinski definition) is 2. The third-order valence-electron chi connectivity index (χ3n) is 3.56. The fourth-order valence-electron chi connectivity index (χ4n) is 2.26. The molecule has 0 saturated carbocycles. The molecule has 0 spiro atoms. The van der Waals surface area contributed by atoms with Crippen molar-refractivity contribution in [2.45, 2.75) is 6.54 Å². The van der Waals surface area contributed by atoms with Crippen LogP contribution in [-0.2, 0) is 6.54 Å². The van der Waals surface area contributed by atoms with E-state index in [9.17, 15) is 9.18 Å². The Hall–Kier alpha value is -2.92. The van der Waals surface area contributed by atoms with Gasteiger partial charge in [-0.15, -0.1) is 0 Å². The van der Waals surface area contributed by atoms with Crippen LogP contribution in [0.25, 0.3) is 0 Å². The minimum absolute atomic E-state index is 0.265. The molecule has 1 amide bonds. The monoisotopic (exact) mass is 355 g/mol. The van der Waals surface area contributed by atoms with Crippen LogP contribution in [0.1, 0.15) is 15.9 Å². The standard InChI is InChI=1S/C19H15ClFN3O/c20-15-6-2-1-5-14(15)12-23-19(25)13-9-10-22-18(11-13)24-17-8-4-3-7-16(17)21/h1-11H,12H2,(H,22,24)(H,23,25). The quantitative estimate of drug-likeness (QED) is 0.706. The van der Waals surface area contributed by atoms with Gasteiger partial charge in [-0.2, -0.15) is 0 Å². The van der Waals surface area contributed by atoms with Gasteiger partial charge >= 0.3 is 0 Å². The molecule has 0 saturated heterocycles. The summed E-state index contributed by atoms with van der Waals surface area (Å²) in [6, 6.07) is 16.7. The van der Waals surface area contributed by atoms with E-state index >= 15 is 0 Å². The van der Waals surface area contributed by atoms with Crippen LogP contribution < -0.4 is 10.6 Å². The summed E-state index contributed by atoms with van der Waals surface area (Å²) in [6.45, 7) is 0.316. The van der Waals surface area contributed by atoms with Crippen LogP contribution in [0, 0.1) is 5.82 Å². The summed E-state index contributed by atoms with van der Waals surface area (Å²) in [4.78, 5) is 16.4. The zero-order valence-electron chi connectivity index (χ0n) is 13.2. The van der Waals surface area contributed by atoms with Gasteiger partial charge in [0, 0.05) is 23.3 Å². The minimum Gasteiger partial charge on any atom is -0.348 e. The molecule has 3 rings (SSSR count). The number of rotatable bonds is 5. The lowest BCUT2D eigenvalue weighted by molar-refractivity contribution is 0.0951. The third kappa shape index (κ3) is 4.33. The Morgan fingerprint density at radius 2 is 1.84 bits per heavy atom. The summed E-state index contributed by atoms with van der Waals surface area (Å²) in [6.07, 6.45) is 1.49. The lowest BCUT2D eigenvalue weighted by Gasteiger charge is -2.09. The Kier molecular flexibility index (Phi) is 5.26. The summed E-state index contributed by atoms with van der Waals surface area (Å²) in [7, 11) is 0. The molecule has 3 aromatic rings. The number of pyridine rings is 1. The van der Waals surface area contributed by atoms with Crippen LogP contribution >= 0.6 is 11.6 Å². The van der Waals surface area contributed by atoms with E-state index in [1.165, 1.54) is 12.3 Å². The van der Waals surface area contributed by atoms with Crippen molar-refractivity contribution in [1.82, 2.24) is 10.3 Å². The summed E-state index contributed by atoms with van der Waals surface area (Å²) in [5.41, 5.74) is 1.54. The van der Waals surface area contributed by atoms with Crippen molar-refractivity contribution in [2.24, 2.45) is 0 Å². The van der Waals surface area contributed by atoms with Crippen molar-refractivity contribution in [3.63, 3.8) is 0 Å². The van der Waals surface area contributed by atoms with Crippen molar-refractivity contribution in [2.75, 3.05) is 5.32 Å². The van der Waals surface area contributed by atoms with Crippen LogP contribution in [0.4, 0.5) is 15.9 Å². The lowest BCUT2D eigenvalue weighted by atomic mass is 10.2. The SMILES string of the molecule is O=C(NCc1ccccc1Cl)c1ccnc(Nc2ccccc2F)c1. The first-order valence-electron chi connectivity index (χ1n) is 7.63. The third-order valence-corrected chi connectivity index (χ3v) is 3.92. The van der Waals surface area contributed by atoms with Gasteiger partial charge in [0.15, 0.2) is 0 Å². The second-order valence-electron chi connectivity index (χ2n) is 5.31. The molecule has 4 nitrogen and oxygen atoms in total. The Morgan fingerprint density at radius 3 is 2.64 bits per heavy atom. The van der Waals surface area contributed by atoms with Gasteiger partial charge < -0.3 is 10.6 Å². The van der Waals surface area contributed by atoms with Gasteiger partial charge in [-0.1, -0.05) is 41.9 Å². The highest BCUT2D eigenvalue weighted by Gasteiger charge is 2.09. The van der Waals surface area contributed by atoms with E-state index in [1.54, 1.807) is 36.4 Å². The topological polar surface area (TPSA) is 54.0 Å². The average molecular weight is 356 g/mol. The molecule has 0 aliphatic heterocycles. The molecular weight excluding hydrogens is 341 g/mol. The van der Waals surface area contributed by atoms with Gasteiger partial charge in [-0.05, 0) is 35.9 Å². The van der Waals surface area contributed by atoms with Crippen LogP contribution in [0.3, 0.4) is 0 Å². The molecule has 1 aromatic heterocycles. The zero-order valence-corrected chi connectivity index (χ0v) is 13.9. The van der Waals surface area contributed by atoms with Gasteiger partial charge in [0.05, 0.1) is 5.69 Å². The van der Waals surface area contributed by atoms with Crippen LogP contribution in [0.15, 0.2) is 66.9 Å². The van der Waals surface area contributed by atoms with Gasteiger partial charge in [-0.25, -0.2) is 9.37 Å². The number of anilines is 2. The summed E-state index contributed by atoms with van der Waals surface area (Å²) >= 11 is 6.08. The molecule has 2 aromatic carbocycles. The highest BCUT2D eigenvalue weighted by molar-refractivity contribution is 6.31. The summed E-state index contributed by atoms with van der Waals surface area (Å²) < 4.78 is 13.7. The number of carbonyl (C=O) groups is 1. The maximum Gasteiger partial charge on any atom is 0.251 e. The van der Waals surface area contributed by atoms with Crippen LogP contribution in [0.2, 0.25) is 5.02 Å². The molecule has 6 heteroatoms. The molecular formula is C19H15ClFN3O. The molecule has 0 aliphatic rings. The molecule has 1 heterocycles. The van der Waals surface area contributed by atoms with Gasteiger partial charge in [0.2, 0.25) is 0 Å². The first kappa shape index (κ1) is 16.9. The molecule has 0 radical (unpaired) electrons. The van der Waals surface area contributed by atoms with E-state index in [2.05, 4.69) is 15.6 Å². The second-order valence-corrected chi connectivity index (χ2v) is 5.72. The van der Waals surface area contributed by atoms with E-state index < -0.39 is 5.82 Å². The smallest absolute Gasteiger partial charge is 0.251 e. The number of aromatic nitrogens is 1. The van der Waals surface area contributed by atoms with E-state index in [4.69, 9.17) is 11.6 Å². The molecule has 0 aliphatic carbocycles. The maximum atomic E-state index is 13.7. The van der Waals surface area contributed by atoms with E-state index in [0.29, 0.717) is 28.6 Å². The molecule has 25 heavy (non-hydrogen) atoms. The molecule has 2 N–H and O–H groups in total. The second kappa shape index (κ2) is 7.77. The van der Waals surface area contributed by atoms with Crippen molar-refractivity contribution in [1.29, 1.82) is 0 Å². The predicted molar refractivity (Wildman–Crippen MR) is 96.5 cm³/mol. The van der Waals surface area contributed by atoms with Crippen LogP contribution in [0.5, 0.6) is 0 Å². The Balaban J connectivity index is 1.69. The predicted octanol–water partition coefficient (Wildman–Crippen LogP) is 4.55. The van der Waals surface area contributed by atoms with Crippen molar-refractivity contribution < 1.29 is 9.18 Å². The number of para-hydroxylation sites is 1. The van der Waals surface area contributed by atoms with E-state index in [1.807, 2.05) is 18.2 Å². The minimum atomic E-state index is -0.391. The number of benzene rings is 2. The maximum absolute atomic E-state index is 13.7. The van der Waals surface area contributed by atoms with Gasteiger partial charge in [0.25, 0.3) is 5.91 Å². The van der Waals surface area contributed by atoms with Gasteiger partial charge in [0.1, 0.15) is 11.6 Å². The first-order valence-corrected chi connectivity index (χ1v) is 8.00. The fraction of sp³-hybridized carbons (Fsp3) is 0.0526. The van der Waals surface area contributed by atoms with Gasteiger partial charge in [-0.3, -0.25) is 4.79 Å². The Morgan fingerprint density at radius 1 is 1.08 bits per heavy atom. The molecule has 0 bridgehead atoms. The lowest BCUT2D eigenvalue weighted by Crippen LogP contribution is -2.23. The molecule has 0 unspecified atom stereocenters. The molecule has 0 atom stereocenters. The highest BCUT2D eigenvalue weighted by atomic mass is 35.5. The first-order chi connectivity index (χ1) is 12.1. The van der Waals surface area contributed by atoms with Crippen molar-refractivity contribution in [3.8, 4) is 0 Å². The van der Waals surface area contributed by atoms with Crippen molar-refractivity contribution in [3.05, 3.63) is 88.8 Å². The van der Waals surface area contributed by atoms with Crippen molar-refractivity contribution >= 4 is 29.0 Å². The van der Waals surface area contributed by atoms with E-state index in [-0.39, 0.29) is 5.91 Å². The van der Waals surface area contributed by atoms with E-state index in [0.717, 1.165) is 5.56 Å². The Labute approximate surface area is 149 Å². The normalized spacial score (nSPS) is 10.3. The number of hydrogen-bond acceptors (Lipinski definition) is 3. The number of halogens is 2. The number of nitrogens with one attached hydrogen (secondary N) is 2. The summed E-state index contributed by atoms with van der Waals surface area (Å²) in [5, 5.41) is 6.27. The fourth-order valence-corrected chi connectivity index (χ4v) is 2.46. The molecule has 0 fully saturated rings. The largest absolute Gasteiger partial charge is 0.348 e. The Bertz CT molecular complexity index is 901. The number of nitrogens with zero attached hydrogens (tertiary/aromatic N) is 1. The highest BCUT2D eigenvalue weighted by Crippen LogP contribution is 2.19. The number of carbonyl (C=O) groups excluding carboxylic acids is 1. The average Bonchev–Trinajstić information content (AvgIpc) is 2.63.